The highest BCUT2D eigenvalue weighted by molar-refractivity contribution is 7.18. The first-order valence-corrected chi connectivity index (χ1v) is 7.75. The molecule has 2 aromatic rings. The molecule has 0 saturated carbocycles. The minimum Gasteiger partial charge on any atom is -0.374 e. The van der Waals surface area contributed by atoms with E-state index in [0.717, 1.165) is 27.3 Å². The van der Waals surface area contributed by atoms with Gasteiger partial charge in [-0.1, -0.05) is 6.92 Å². The third kappa shape index (κ3) is 3.48. The molecule has 0 radical (unpaired) electrons. The van der Waals surface area contributed by atoms with Crippen LogP contribution in [0, 0.1) is 6.92 Å². The van der Waals surface area contributed by atoms with Crippen molar-refractivity contribution in [2.45, 2.75) is 46.2 Å². The van der Waals surface area contributed by atoms with E-state index in [4.69, 9.17) is 0 Å². The summed E-state index contributed by atoms with van der Waals surface area (Å²) in [5.41, 5.74) is 1.96. The van der Waals surface area contributed by atoms with E-state index in [9.17, 15) is 4.79 Å². The number of nitrogens with zero attached hydrogens (tertiary/aromatic N) is 1. The van der Waals surface area contributed by atoms with Crippen LogP contribution in [-0.4, -0.2) is 23.0 Å². The molecular formula is C15H21N3OS. The molecule has 20 heavy (non-hydrogen) atoms. The molecule has 2 unspecified atom stereocenters. The van der Waals surface area contributed by atoms with Crippen LogP contribution in [0.15, 0.2) is 18.2 Å². The lowest BCUT2D eigenvalue weighted by atomic mass is 10.2. The van der Waals surface area contributed by atoms with Crippen LogP contribution in [0.3, 0.4) is 0 Å². The maximum atomic E-state index is 12.0. The largest absolute Gasteiger partial charge is 0.374 e. The zero-order chi connectivity index (χ0) is 14.7. The predicted molar refractivity (Wildman–Crippen MR) is 85.3 cm³/mol. The second kappa shape index (κ2) is 6.22. The van der Waals surface area contributed by atoms with Crippen LogP contribution in [0.4, 0.5) is 5.69 Å². The molecule has 4 nitrogen and oxygen atoms in total. The van der Waals surface area contributed by atoms with Gasteiger partial charge < -0.3 is 10.6 Å². The van der Waals surface area contributed by atoms with Gasteiger partial charge in [0, 0.05) is 11.7 Å². The lowest BCUT2D eigenvalue weighted by molar-refractivity contribution is -0.122. The minimum absolute atomic E-state index is 0.0277. The molecule has 5 heteroatoms. The number of hydrogen-bond donors (Lipinski definition) is 2. The van der Waals surface area contributed by atoms with E-state index in [1.807, 2.05) is 39.0 Å². The Morgan fingerprint density at radius 1 is 1.40 bits per heavy atom. The fraction of sp³-hybridized carbons (Fsp3) is 0.467. The number of fused-ring (bicyclic) bond motifs is 1. The predicted octanol–water partition coefficient (Wildman–Crippen LogP) is 3.32. The zero-order valence-electron chi connectivity index (χ0n) is 12.4. The van der Waals surface area contributed by atoms with E-state index in [0.29, 0.717) is 0 Å². The number of benzene rings is 1. The van der Waals surface area contributed by atoms with E-state index in [1.165, 1.54) is 0 Å². The fourth-order valence-electron chi connectivity index (χ4n) is 1.92. The first-order valence-electron chi connectivity index (χ1n) is 6.93. The van der Waals surface area contributed by atoms with Gasteiger partial charge in [0.05, 0.1) is 15.2 Å². The summed E-state index contributed by atoms with van der Waals surface area (Å²) in [7, 11) is 0. The maximum absolute atomic E-state index is 12.0. The van der Waals surface area contributed by atoms with Crippen molar-refractivity contribution in [3.05, 3.63) is 23.2 Å². The van der Waals surface area contributed by atoms with Crippen LogP contribution in [0.2, 0.25) is 0 Å². The van der Waals surface area contributed by atoms with Gasteiger partial charge in [-0.25, -0.2) is 4.98 Å². The van der Waals surface area contributed by atoms with Crippen LogP contribution in [0.5, 0.6) is 0 Å². The van der Waals surface area contributed by atoms with Crippen molar-refractivity contribution in [3.63, 3.8) is 0 Å². The normalized spacial score (nSPS) is 14.0. The number of nitrogens with one attached hydrogen (secondary N) is 2. The zero-order valence-corrected chi connectivity index (χ0v) is 13.2. The second-order valence-electron chi connectivity index (χ2n) is 5.10. The summed E-state index contributed by atoms with van der Waals surface area (Å²) in [6.45, 7) is 7.94. The average Bonchev–Trinajstić information content (AvgIpc) is 2.77. The van der Waals surface area contributed by atoms with Gasteiger partial charge in [0.15, 0.2) is 0 Å². The number of amides is 1. The van der Waals surface area contributed by atoms with Gasteiger partial charge in [0.2, 0.25) is 5.91 Å². The lowest BCUT2D eigenvalue weighted by Gasteiger charge is -2.18. The quantitative estimate of drug-likeness (QED) is 0.888. The summed E-state index contributed by atoms with van der Waals surface area (Å²) in [4.78, 5) is 16.4. The van der Waals surface area contributed by atoms with Gasteiger partial charge in [0.25, 0.3) is 0 Å². The Kier molecular flexibility index (Phi) is 4.60. The molecular weight excluding hydrogens is 270 g/mol. The molecule has 1 aromatic carbocycles. The monoisotopic (exact) mass is 291 g/mol. The Labute approximate surface area is 123 Å². The molecule has 0 spiro atoms. The van der Waals surface area contributed by atoms with Gasteiger partial charge in [-0.05, 0) is 45.4 Å². The van der Waals surface area contributed by atoms with Gasteiger partial charge in [-0.2, -0.15) is 0 Å². The number of aryl methyl sites for hydroxylation is 1. The van der Waals surface area contributed by atoms with Crippen LogP contribution >= 0.6 is 11.3 Å². The van der Waals surface area contributed by atoms with E-state index in [1.54, 1.807) is 11.3 Å². The van der Waals surface area contributed by atoms with Crippen molar-refractivity contribution >= 4 is 33.1 Å². The number of hydrogen-bond acceptors (Lipinski definition) is 4. The van der Waals surface area contributed by atoms with E-state index < -0.39 is 0 Å². The molecule has 0 bridgehead atoms. The molecule has 108 valence electrons. The maximum Gasteiger partial charge on any atom is 0.242 e. The lowest BCUT2D eigenvalue weighted by Crippen LogP contribution is -2.41. The molecule has 1 aromatic heterocycles. The Morgan fingerprint density at radius 2 is 2.15 bits per heavy atom. The molecule has 0 aliphatic rings. The van der Waals surface area contributed by atoms with Crippen LogP contribution in [0.25, 0.3) is 10.2 Å². The molecule has 0 aliphatic heterocycles. The number of carbonyl (C=O) groups excluding carboxylic acids is 1. The summed E-state index contributed by atoms with van der Waals surface area (Å²) in [6.07, 6.45) is 0.935. The smallest absolute Gasteiger partial charge is 0.242 e. The fourth-order valence-corrected chi connectivity index (χ4v) is 2.78. The standard InChI is InChI=1S/C15H21N3OS/c1-5-9(2)16-15(19)10(3)17-12-6-7-13-14(8-12)20-11(4)18-13/h6-10,17H,5H2,1-4H3,(H,16,19). The van der Waals surface area contributed by atoms with E-state index in [2.05, 4.69) is 22.5 Å². The van der Waals surface area contributed by atoms with Gasteiger partial charge >= 0.3 is 0 Å². The number of thiazole rings is 1. The number of aromatic nitrogens is 1. The summed E-state index contributed by atoms with van der Waals surface area (Å²) in [5, 5.41) is 7.27. The Morgan fingerprint density at radius 3 is 2.85 bits per heavy atom. The molecule has 0 aliphatic carbocycles. The van der Waals surface area contributed by atoms with Gasteiger partial charge in [-0.15, -0.1) is 11.3 Å². The van der Waals surface area contributed by atoms with Crippen molar-refractivity contribution in [1.29, 1.82) is 0 Å². The SMILES string of the molecule is CCC(C)NC(=O)C(C)Nc1ccc2nc(C)sc2c1. The van der Waals surface area contributed by atoms with Crippen molar-refractivity contribution in [2.24, 2.45) is 0 Å². The highest BCUT2D eigenvalue weighted by Gasteiger charge is 2.14. The Balaban J connectivity index is 2.05. The average molecular weight is 291 g/mol. The second-order valence-corrected chi connectivity index (χ2v) is 6.33. The highest BCUT2D eigenvalue weighted by atomic mass is 32.1. The first-order chi connectivity index (χ1) is 9.49. The molecule has 2 rings (SSSR count). The number of rotatable bonds is 5. The van der Waals surface area contributed by atoms with Crippen LogP contribution in [-0.2, 0) is 4.79 Å². The highest BCUT2D eigenvalue weighted by Crippen LogP contribution is 2.25. The number of carbonyl (C=O) groups is 1. The van der Waals surface area contributed by atoms with Crippen LogP contribution < -0.4 is 10.6 Å². The summed E-state index contributed by atoms with van der Waals surface area (Å²) >= 11 is 1.66. The van der Waals surface area contributed by atoms with Crippen molar-refractivity contribution in [1.82, 2.24) is 10.3 Å². The van der Waals surface area contributed by atoms with Gasteiger partial charge in [-0.3, -0.25) is 4.79 Å². The van der Waals surface area contributed by atoms with Crippen molar-refractivity contribution in [3.8, 4) is 0 Å². The summed E-state index contributed by atoms with van der Waals surface area (Å²) in [5.74, 6) is 0.0277. The summed E-state index contributed by atoms with van der Waals surface area (Å²) in [6, 6.07) is 5.95. The first kappa shape index (κ1) is 14.8. The molecule has 1 heterocycles. The van der Waals surface area contributed by atoms with Crippen molar-refractivity contribution in [2.75, 3.05) is 5.32 Å². The third-order valence-corrected chi connectivity index (χ3v) is 4.21. The number of anilines is 1. The topological polar surface area (TPSA) is 54.0 Å². The van der Waals surface area contributed by atoms with E-state index in [-0.39, 0.29) is 18.0 Å². The Hall–Kier alpha value is -1.62. The molecule has 0 saturated heterocycles. The third-order valence-electron chi connectivity index (χ3n) is 3.27. The Bertz CT molecular complexity index is 608. The molecule has 2 N–H and O–H groups in total. The van der Waals surface area contributed by atoms with Gasteiger partial charge in [0.1, 0.15) is 6.04 Å². The molecule has 0 fully saturated rings. The molecule has 1 amide bonds. The van der Waals surface area contributed by atoms with Crippen molar-refractivity contribution < 1.29 is 4.79 Å². The molecule has 2 atom stereocenters. The minimum atomic E-state index is -0.254. The van der Waals surface area contributed by atoms with E-state index >= 15 is 0 Å². The van der Waals surface area contributed by atoms with Crippen LogP contribution in [0.1, 0.15) is 32.2 Å². The summed E-state index contributed by atoms with van der Waals surface area (Å²) < 4.78 is 1.14.